The second-order valence-electron chi connectivity index (χ2n) is 9.26. The molecule has 0 radical (unpaired) electrons. The zero-order valence-corrected chi connectivity index (χ0v) is 21.9. The minimum atomic E-state index is -0.716. The Morgan fingerprint density at radius 2 is 1.79 bits per heavy atom. The van der Waals surface area contributed by atoms with Crippen molar-refractivity contribution in [2.75, 3.05) is 6.54 Å². The van der Waals surface area contributed by atoms with Gasteiger partial charge in [-0.05, 0) is 73.0 Å². The Kier molecular flexibility index (Phi) is 6.25. The molecule has 0 aliphatic carbocycles. The number of nitrogens with zero attached hydrogens (tertiary/aromatic N) is 4. The van der Waals surface area contributed by atoms with Crippen LogP contribution in [0.25, 0.3) is 22.9 Å². The number of aromatic nitrogens is 2. The van der Waals surface area contributed by atoms with Gasteiger partial charge in [-0.25, -0.2) is 14.1 Å². The fraction of sp³-hybridized carbons (Fsp3) is 0.172. The van der Waals surface area contributed by atoms with Gasteiger partial charge in [0.15, 0.2) is 6.23 Å². The van der Waals surface area contributed by atoms with Gasteiger partial charge in [-0.15, -0.1) is 0 Å². The van der Waals surface area contributed by atoms with E-state index in [0.29, 0.717) is 24.0 Å². The van der Waals surface area contributed by atoms with Crippen LogP contribution >= 0.6 is 15.9 Å². The highest BCUT2D eigenvalue weighted by atomic mass is 79.9. The molecule has 2 aliphatic heterocycles. The Morgan fingerprint density at radius 3 is 2.55 bits per heavy atom. The molecule has 3 heterocycles. The van der Waals surface area contributed by atoms with Gasteiger partial charge in [0.2, 0.25) is 0 Å². The van der Waals surface area contributed by atoms with Crippen molar-refractivity contribution in [1.29, 1.82) is 0 Å². The summed E-state index contributed by atoms with van der Waals surface area (Å²) in [5.41, 5.74) is 3.90. The van der Waals surface area contributed by atoms with Gasteiger partial charge in [-0.1, -0.05) is 34.1 Å². The van der Waals surface area contributed by atoms with Gasteiger partial charge < -0.3 is 9.64 Å². The quantitative estimate of drug-likeness (QED) is 0.351. The molecule has 2 aliphatic rings. The number of rotatable bonds is 6. The molecule has 0 bridgehead atoms. The van der Waals surface area contributed by atoms with Gasteiger partial charge in [0.25, 0.3) is 11.8 Å². The number of carbonyl (C=O) groups is 2. The molecule has 1 fully saturated rings. The molecule has 2 amide bonds. The van der Waals surface area contributed by atoms with E-state index in [-0.39, 0.29) is 17.6 Å². The van der Waals surface area contributed by atoms with Crippen molar-refractivity contribution in [3.8, 4) is 16.8 Å². The standard InChI is InChI=1S/C29H22BrFN4O3/c1-17-28(37)34(13-12-18-2-11-25-20(14-18)15-26(36)32-25)29(38-17)27-24(19-3-7-22(31)8-4-19)16-35(33-27)23-9-5-21(30)6-10-23/h2-11,14-17,29H,12-13H2,1H3/t17-,29-/m0/s1. The van der Waals surface area contributed by atoms with Crippen molar-refractivity contribution < 1.29 is 18.7 Å². The summed E-state index contributed by atoms with van der Waals surface area (Å²) in [7, 11) is 0. The third-order valence-corrected chi connectivity index (χ3v) is 7.24. The fourth-order valence-corrected chi connectivity index (χ4v) is 5.04. The summed E-state index contributed by atoms with van der Waals surface area (Å²) >= 11 is 3.46. The van der Waals surface area contributed by atoms with Gasteiger partial charge in [-0.3, -0.25) is 9.59 Å². The predicted molar refractivity (Wildman–Crippen MR) is 142 cm³/mol. The average Bonchev–Trinajstić information content (AvgIpc) is 3.58. The maximum atomic E-state index is 13.7. The Labute approximate surface area is 226 Å². The van der Waals surface area contributed by atoms with Crippen LogP contribution in [-0.2, 0) is 20.7 Å². The highest BCUT2D eigenvalue weighted by molar-refractivity contribution is 9.10. The van der Waals surface area contributed by atoms with Crippen LogP contribution in [0.15, 0.2) is 82.4 Å². The van der Waals surface area contributed by atoms with Crippen molar-refractivity contribution in [2.45, 2.75) is 25.7 Å². The number of fused-ring (bicyclic) bond motifs is 1. The lowest BCUT2D eigenvalue weighted by atomic mass is 10.0. The smallest absolute Gasteiger partial charge is 0.270 e. The summed E-state index contributed by atoms with van der Waals surface area (Å²) in [6.07, 6.45) is 2.60. The molecular formula is C29H22BrFN4O3. The van der Waals surface area contributed by atoms with Crippen molar-refractivity contribution in [3.63, 3.8) is 0 Å². The Morgan fingerprint density at radius 1 is 1.03 bits per heavy atom. The largest absolute Gasteiger partial charge is 0.339 e. The molecular weight excluding hydrogens is 551 g/mol. The van der Waals surface area contributed by atoms with E-state index in [1.165, 1.54) is 18.2 Å². The normalized spacial score (nSPS) is 18.4. The molecule has 1 saturated heterocycles. The van der Waals surface area contributed by atoms with Crippen LogP contribution < -0.4 is 10.6 Å². The SMILES string of the molecule is C[C@@H]1O[C@@H](c2nn(-c3ccc(Br)cc3)cc2-c2ccc(F)cc2)N(CCc2ccc3c(c2)=CC(=O)N=3)C1=O. The number of halogens is 2. The van der Waals surface area contributed by atoms with Gasteiger partial charge in [0.05, 0.1) is 11.0 Å². The van der Waals surface area contributed by atoms with Crippen LogP contribution in [0.4, 0.5) is 4.39 Å². The number of ether oxygens (including phenoxy) is 1. The molecule has 6 rings (SSSR count). The first-order chi connectivity index (χ1) is 18.4. The zero-order valence-electron chi connectivity index (χ0n) is 20.3. The first kappa shape index (κ1) is 24.4. The Balaban J connectivity index is 1.36. The summed E-state index contributed by atoms with van der Waals surface area (Å²) < 4.78 is 22.6. The predicted octanol–water partition coefficient (Wildman–Crippen LogP) is 3.87. The van der Waals surface area contributed by atoms with Gasteiger partial charge in [0, 0.05) is 34.1 Å². The lowest BCUT2D eigenvalue weighted by Crippen LogP contribution is -2.33. The lowest BCUT2D eigenvalue weighted by Gasteiger charge is -2.22. The van der Waals surface area contributed by atoms with Crippen molar-refractivity contribution in [3.05, 3.63) is 105 Å². The molecule has 4 aromatic rings. The first-order valence-electron chi connectivity index (χ1n) is 12.2. The third kappa shape index (κ3) is 4.59. The van der Waals surface area contributed by atoms with Crippen molar-refractivity contribution in [1.82, 2.24) is 14.7 Å². The summed E-state index contributed by atoms with van der Waals surface area (Å²) in [5.74, 6) is -0.723. The van der Waals surface area contributed by atoms with Crippen LogP contribution in [0.5, 0.6) is 0 Å². The third-order valence-electron chi connectivity index (χ3n) is 6.71. The molecule has 0 spiro atoms. The van der Waals surface area contributed by atoms with E-state index in [4.69, 9.17) is 9.84 Å². The van der Waals surface area contributed by atoms with Crippen LogP contribution in [0.1, 0.15) is 24.4 Å². The topological polar surface area (TPSA) is 76.8 Å². The summed E-state index contributed by atoms with van der Waals surface area (Å²) in [6, 6.07) is 19.6. The molecule has 190 valence electrons. The van der Waals surface area contributed by atoms with E-state index in [0.717, 1.165) is 32.1 Å². The first-order valence-corrected chi connectivity index (χ1v) is 13.0. The molecule has 0 unspecified atom stereocenters. The number of benzene rings is 3. The Bertz CT molecular complexity index is 1680. The van der Waals surface area contributed by atoms with E-state index in [1.807, 2.05) is 48.7 Å². The Hall–Kier alpha value is -3.95. The van der Waals surface area contributed by atoms with Gasteiger partial charge >= 0.3 is 0 Å². The molecule has 2 atom stereocenters. The highest BCUT2D eigenvalue weighted by Crippen LogP contribution is 2.37. The maximum absolute atomic E-state index is 13.7. The molecule has 7 nitrogen and oxygen atoms in total. The maximum Gasteiger partial charge on any atom is 0.270 e. The minimum Gasteiger partial charge on any atom is -0.339 e. The van der Waals surface area contributed by atoms with Crippen molar-refractivity contribution in [2.24, 2.45) is 4.99 Å². The van der Waals surface area contributed by atoms with E-state index < -0.39 is 12.3 Å². The monoisotopic (exact) mass is 572 g/mol. The molecule has 1 aromatic heterocycles. The van der Waals surface area contributed by atoms with Crippen LogP contribution in [0, 0.1) is 5.82 Å². The van der Waals surface area contributed by atoms with E-state index in [2.05, 4.69) is 20.9 Å². The van der Waals surface area contributed by atoms with Gasteiger partial charge in [0.1, 0.15) is 17.6 Å². The number of hydrogen-bond donors (Lipinski definition) is 0. The van der Waals surface area contributed by atoms with E-state index >= 15 is 0 Å². The van der Waals surface area contributed by atoms with E-state index in [1.54, 1.807) is 28.6 Å². The molecule has 38 heavy (non-hydrogen) atoms. The summed E-state index contributed by atoms with van der Waals surface area (Å²) in [6.45, 7) is 2.13. The van der Waals surface area contributed by atoms with Crippen LogP contribution in [0.3, 0.4) is 0 Å². The summed E-state index contributed by atoms with van der Waals surface area (Å²) in [5, 5.41) is 6.30. The lowest BCUT2D eigenvalue weighted by molar-refractivity contribution is -0.130. The number of amides is 2. The average molecular weight is 573 g/mol. The van der Waals surface area contributed by atoms with Crippen LogP contribution in [-0.4, -0.2) is 39.1 Å². The van der Waals surface area contributed by atoms with Crippen LogP contribution in [0.2, 0.25) is 0 Å². The molecule has 9 heteroatoms. The second kappa shape index (κ2) is 9.74. The zero-order chi connectivity index (χ0) is 26.4. The minimum absolute atomic E-state index is 0.129. The van der Waals surface area contributed by atoms with Gasteiger partial charge in [-0.2, -0.15) is 5.10 Å². The van der Waals surface area contributed by atoms with E-state index in [9.17, 15) is 14.0 Å². The number of carbonyl (C=O) groups excluding carboxylic acids is 2. The molecule has 0 saturated carbocycles. The molecule has 0 N–H and O–H groups in total. The molecule has 3 aromatic carbocycles. The second-order valence-corrected chi connectivity index (χ2v) is 10.2. The highest BCUT2D eigenvalue weighted by Gasteiger charge is 2.41. The number of hydrogen-bond acceptors (Lipinski definition) is 4. The van der Waals surface area contributed by atoms with Crippen molar-refractivity contribution >= 4 is 33.8 Å². The fourth-order valence-electron chi connectivity index (χ4n) is 4.77. The summed E-state index contributed by atoms with van der Waals surface area (Å²) in [4.78, 5) is 30.5.